The van der Waals surface area contributed by atoms with Crippen LogP contribution in [0.25, 0.3) is 11.0 Å². The van der Waals surface area contributed by atoms with Gasteiger partial charge in [-0.3, -0.25) is 19.7 Å². The van der Waals surface area contributed by atoms with E-state index in [-0.39, 0.29) is 42.0 Å². The van der Waals surface area contributed by atoms with Crippen LogP contribution >= 0.6 is 0 Å². The highest BCUT2D eigenvalue weighted by molar-refractivity contribution is 5.99. The zero-order valence-corrected chi connectivity index (χ0v) is 16.4. The van der Waals surface area contributed by atoms with Gasteiger partial charge in [0.25, 0.3) is 11.6 Å². The molecule has 2 aromatic rings. The van der Waals surface area contributed by atoms with Crippen molar-refractivity contribution < 1.29 is 28.5 Å². The maximum absolute atomic E-state index is 12.6. The first-order chi connectivity index (χ1) is 14.3. The van der Waals surface area contributed by atoms with Crippen LogP contribution in [0.2, 0.25) is 0 Å². The van der Waals surface area contributed by atoms with E-state index in [9.17, 15) is 29.3 Å². The minimum absolute atomic E-state index is 0.0409. The van der Waals surface area contributed by atoms with E-state index < -0.39 is 34.0 Å². The number of carbonyl (C=O) groups is 3. The number of amides is 2. The van der Waals surface area contributed by atoms with Crippen LogP contribution in [-0.4, -0.2) is 41.9 Å². The molecule has 1 aromatic carbocycles. The van der Waals surface area contributed by atoms with Gasteiger partial charge in [0.05, 0.1) is 11.5 Å². The summed E-state index contributed by atoms with van der Waals surface area (Å²) in [5.74, 6) is -1.99. The Morgan fingerprint density at radius 1 is 1.23 bits per heavy atom. The maximum atomic E-state index is 12.6. The first-order valence-electron chi connectivity index (χ1n) is 9.23. The molecule has 0 bridgehead atoms. The van der Waals surface area contributed by atoms with Crippen LogP contribution in [-0.2, 0) is 14.3 Å². The highest BCUT2D eigenvalue weighted by Crippen LogP contribution is 2.20. The number of rotatable bonds is 9. The molecule has 0 fully saturated rings. The molecular formula is C19H21N3O8. The Morgan fingerprint density at radius 3 is 2.60 bits per heavy atom. The first kappa shape index (κ1) is 22.5. The molecule has 2 N–H and O–H groups in total. The van der Waals surface area contributed by atoms with Crippen molar-refractivity contribution in [2.75, 3.05) is 13.2 Å². The van der Waals surface area contributed by atoms with Crippen LogP contribution in [0.5, 0.6) is 0 Å². The molecule has 160 valence electrons. The van der Waals surface area contributed by atoms with Crippen LogP contribution in [0.15, 0.2) is 33.5 Å². The third kappa shape index (κ3) is 5.63. The topological polar surface area (TPSA) is 158 Å². The first-order valence-corrected chi connectivity index (χ1v) is 9.23. The van der Waals surface area contributed by atoms with E-state index in [0.29, 0.717) is 6.54 Å². The lowest BCUT2D eigenvalue weighted by molar-refractivity contribution is -0.384. The van der Waals surface area contributed by atoms with Crippen molar-refractivity contribution in [2.45, 2.75) is 32.7 Å². The van der Waals surface area contributed by atoms with Crippen molar-refractivity contribution in [2.24, 2.45) is 0 Å². The third-order valence-corrected chi connectivity index (χ3v) is 4.08. The zero-order valence-electron chi connectivity index (χ0n) is 16.4. The van der Waals surface area contributed by atoms with E-state index in [2.05, 4.69) is 10.6 Å². The van der Waals surface area contributed by atoms with Gasteiger partial charge in [0.15, 0.2) is 0 Å². The van der Waals surface area contributed by atoms with Gasteiger partial charge in [-0.05, 0) is 32.4 Å². The van der Waals surface area contributed by atoms with Gasteiger partial charge in [-0.2, -0.15) is 0 Å². The molecule has 1 atom stereocenters. The van der Waals surface area contributed by atoms with Gasteiger partial charge < -0.3 is 19.8 Å². The van der Waals surface area contributed by atoms with Crippen LogP contribution in [0.3, 0.4) is 0 Å². The number of fused-ring (bicyclic) bond motifs is 1. The Morgan fingerprint density at radius 2 is 1.97 bits per heavy atom. The molecule has 11 nitrogen and oxygen atoms in total. The maximum Gasteiger partial charge on any atom is 0.349 e. The van der Waals surface area contributed by atoms with E-state index in [1.807, 2.05) is 0 Å². The Labute approximate surface area is 170 Å². The van der Waals surface area contributed by atoms with Crippen molar-refractivity contribution >= 4 is 34.4 Å². The number of esters is 1. The molecular weight excluding hydrogens is 398 g/mol. The van der Waals surface area contributed by atoms with Gasteiger partial charge in [0, 0.05) is 30.5 Å². The number of nitro benzene ring substituents is 1. The SMILES string of the molecule is CCNC(=O)CCC(NC(=O)c1cc2cc([N+](=O)[O-])ccc2oc1=O)C(=O)OCC. The van der Waals surface area contributed by atoms with E-state index in [4.69, 9.17) is 9.15 Å². The summed E-state index contributed by atoms with van der Waals surface area (Å²) < 4.78 is 9.96. The number of nitrogens with zero attached hydrogens (tertiary/aromatic N) is 1. The highest BCUT2D eigenvalue weighted by Gasteiger charge is 2.25. The molecule has 11 heteroatoms. The molecule has 0 aliphatic rings. The van der Waals surface area contributed by atoms with Crippen LogP contribution in [0, 0.1) is 10.1 Å². The zero-order chi connectivity index (χ0) is 22.3. The molecule has 0 spiro atoms. The number of non-ortho nitro benzene ring substituents is 1. The molecule has 0 aliphatic heterocycles. The van der Waals surface area contributed by atoms with Gasteiger partial charge in [-0.15, -0.1) is 0 Å². The summed E-state index contributed by atoms with van der Waals surface area (Å²) in [6.07, 6.45) is -0.0864. The molecule has 1 heterocycles. The summed E-state index contributed by atoms with van der Waals surface area (Å²) >= 11 is 0. The monoisotopic (exact) mass is 419 g/mol. The molecule has 1 aromatic heterocycles. The summed E-state index contributed by atoms with van der Waals surface area (Å²) in [5.41, 5.74) is -1.58. The normalized spacial score (nSPS) is 11.5. The highest BCUT2D eigenvalue weighted by atomic mass is 16.6. The Balaban J connectivity index is 2.28. The lowest BCUT2D eigenvalue weighted by Crippen LogP contribution is -2.43. The quantitative estimate of drug-likeness (QED) is 0.266. The van der Waals surface area contributed by atoms with Crippen LogP contribution in [0.1, 0.15) is 37.0 Å². The number of ether oxygens (including phenoxy) is 1. The number of nitro groups is 1. The fourth-order valence-corrected chi connectivity index (χ4v) is 2.67. The van der Waals surface area contributed by atoms with E-state index in [0.717, 1.165) is 12.1 Å². The third-order valence-electron chi connectivity index (χ3n) is 4.08. The second-order valence-corrected chi connectivity index (χ2v) is 6.20. The van der Waals surface area contributed by atoms with Crippen LogP contribution < -0.4 is 16.3 Å². The van der Waals surface area contributed by atoms with Crippen molar-refractivity contribution in [1.29, 1.82) is 0 Å². The van der Waals surface area contributed by atoms with E-state index in [1.54, 1.807) is 13.8 Å². The van der Waals surface area contributed by atoms with Crippen molar-refractivity contribution in [3.63, 3.8) is 0 Å². The Bertz CT molecular complexity index is 1030. The molecule has 1 unspecified atom stereocenters. The van der Waals surface area contributed by atoms with E-state index in [1.165, 1.54) is 12.1 Å². The van der Waals surface area contributed by atoms with Gasteiger partial charge in [-0.25, -0.2) is 9.59 Å². The summed E-state index contributed by atoms with van der Waals surface area (Å²) in [4.78, 5) is 58.9. The molecule has 0 radical (unpaired) electrons. The molecule has 0 aliphatic carbocycles. The largest absolute Gasteiger partial charge is 0.464 e. The number of hydrogen-bond acceptors (Lipinski definition) is 8. The predicted octanol–water partition coefficient (Wildman–Crippen LogP) is 1.28. The average Bonchev–Trinajstić information content (AvgIpc) is 2.70. The van der Waals surface area contributed by atoms with Crippen LogP contribution in [0.4, 0.5) is 5.69 Å². The summed E-state index contributed by atoms with van der Waals surface area (Å²) in [5, 5.41) is 16.1. The molecule has 0 saturated carbocycles. The van der Waals surface area contributed by atoms with Gasteiger partial charge in [0.1, 0.15) is 17.2 Å². The number of benzene rings is 1. The lowest BCUT2D eigenvalue weighted by atomic mass is 10.1. The minimum atomic E-state index is -1.17. The van der Waals surface area contributed by atoms with E-state index >= 15 is 0 Å². The molecule has 30 heavy (non-hydrogen) atoms. The average molecular weight is 419 g/mol. The van der Waals surface area contributed by atoms with Crippen molar-refractivity contribution in [3.05, 3.63) is 50.4 Å². The lowest BCUT2D eigenvalue weighted by Gasteiger charge is -2.17. The molecule has 2 amide bonds. The number of hydrogen-bond donors (Lipinski definition) is 2. The minimum Gasteiger partial charge on any atom is -0.464 e. The Hall–Kier alpha value is -3.76. The fourth-order valence-electron chi connectivity index (χ4n) is 2.67. The number of carbonyl (C=O) groups excluding carboxylic acids is 3. The number of nitrogens with one attached hydrogen (secondary N) is 2. The molecule has 2 rings (SSSR count). The summed E-state index contributed by atoms with van der Waals surface area (Å²) in [6.45, 7) is 3.81. The Kier molecular flexibility index (Phi) is 7.62. The summed E-state index contributed by atoms with van der Waals surface area (Å²) in [7, 11) is 0. The van der Waals surface area contributed by atoms with Gasteiger partial charge >= 0.3 is 11.6 Å². The summed E-state index contributed by atoms with van der Waals surface area (Å²) in [6, 6.07) is 3.57. The second kappa shape index (κ2) is 10.1. The van der Waals surface area contributed by atoms with Crippen molar-refractivity contribution in [1.82, 2.24) is 10.6 Å². The molecule has 0 saturated heterocycles. The van der Waals surface area contributed by atoms with Gasteiger partial charge in [-0.1, -0.05) is 0 Å². The second-order valence-electron chi connectivity index (χ2n) is 6.20. The fraction of sp³-hybridized carbons (Fsp3) is 0.368. The standard InChI is InChI=1S/C19H21N3O8/c1-3-20-16(23)8-6-14(19(26)29-4-2)21-17(24)13-10-11-9-12(22(27)28)5-7-15(11)30-18(13)25/h5,7,9-10,14H,3-4,6,8H2,1-2H3,(H,20,23)(H,21,24). The smallest absolute Gasteiger partial charge is 0.349 e. The predicted molar refractivity (Wildman–Crippen MR) is 105 cm³/mol. The van der Waals surface area contributed by atoms with Crippen molar-refractivity contribution in [3.8, 4) is 0 Å². The van der Waals surface area contributed by atoms with Gasteiger partial charge in [0.2, 0.25) is 5.91 Å².